The number of benzene rings is 2. The predicted molar refractivity (Wildman–Crippen MR) is 95.3 cm³/mol. The number of carboxylic acid groups (broad SMARTS) is 1. The van der Waals surface area contributed by atoms with E-state index in [1.807, 2.05) is 0 Å². The molecule has 0 fully saturated rings. The van der Waals surface area contributed by atoms with Crippen molar-refractivity contribution >= 4 is 33.4 Å². The van der Waals surface area contributed by atoms with E-state index in [1.54, 1.807) is 0 Å². The van der Waals surface area contributed by atoms with Crippen LogP contribution in [0.5, 0.6) is 5.75 Å². The maximum absolute atomic E-state index is 14.5. The third kappa shape index (κ3) is 4.14. The van der Waals surface area contributed by atoms with Crippen molar-refractivity contribution in [3.63, 3.8) is 0 Å². The summed E-state index contributed by atoms with van der Waals surface area (Å²) in [4.78, 5) is 27.2. The number of hydrogen-bond acceptors (Lipinski definition) is 4. The van der Waals surface area contributed by atoms with Crippen molar-refractivity contribution in [1.29, 1.82) is 0 Å². The molecule has 1 amide bonds. The van der Waals surface area contributed by atoms with Crippen molar-refractivity contribution in [2.45, 2.75) is 12.7 Å². The van der Waals surface area contributed by atoms with Crippen LogP contribution in [-0.4, -0.2) is 28.7 Å². The van der Waals surface area contributed by atoms with Crippen molar-refractivity contribution in [2.75, 3.05) is 7.11 Å². The Balaban J connectivity index is 2.17. The van der Waals surface area contributed by atoms with E-state index >= 15 is 0 Å². The highest BCUT2D eigenvalue weighted by molar-refractivity contribution is 7.16. The van der Waals surface area contributed by atoms with E-state index in [9.17, 15) is 27.2 Å². The molecule has 1 N–H and O–H groups in total. The Morgan fingerprint density at radius 2 is 1.97 bits per heavy atom. The quantitative estimate of drug-likeness (QED) is 0.643. The zero-order valence-corrected chi connectivity index (χ0v) is 15.5. The Kier molecular flexibility index (Phi) is 5.42. The van der Waals surface area contributed by atoms with Gasteiger partial charge in [-0.3, -0.25) is 9.59 Å². The topological polar surface area (TPSA) is 80.9 Å². The minimum atomic E-state index is -4.64. The molecule has 3 aromatic rings. The Morgan fingerprint density at radius 1 is 1.24 bits per heavy atom. The molecule has 0 aliphatic heterocycles. The van der Waals surface area contributed by atoms with Crippen LogP contribution in [0, 0.1) is 5.82 Å². The largest absolute Gasteiger partial charge is 0.494 e. The third-order valence-corrected chi connectivity index (χ3v) is 4.99. The summed E-state index contributed by atoms with van der Waals surface area (Å²) in [5, 5.41) is 9.13. The summed E-state index contributed by atoms with van der Waals surface area (Å²) in [6.45, 7) is -0.625. The van der Waals surface area contributed by atoms with Gasteiger partial charge in [-0.25, -0.2) is 4.39 Å². The van der Waals surface area contributed by atoms with Crippen LogP contribution in [0.2, 0.25) is 0 Å². The number of aromatic nitrogens is 1. The van der Waals surface area contributed by atoms with Crippen LogP contribution in [0.15, 0.2) is 41.4 Å². The Labute approximate surface area is 164 Å². The molecule has 0 aliphatic rings. The minimum absolute atomic E-state index is 0.00110. The lowest BCUT2D eigenvalue weighted by molar-refractivity contribution is -0.138. The SMILES string of the molecule is COc1ccc2c(s/c(=N\C(=O)c3cccc(C(F)(F)F)c3)n2CC(=O)O)c1F. The molecule has 0 aliphatic carbocycles. The summed E-state index contributed by atoms with van der Waals surface area (Å²) in [6.07, 6.45) is -4.64. The summed E-state index contributed by atoms with van der Waals surface area (Å²) in [5.74, 6) is -3.14. The van der Waals surface area contributed by atoms with Gasteiger partial charge in [-0.2, -0.15) is 18.2 Å². The smallest absolute Gasteiger partial charge is 0.416 e. The Morgan fingerprint density at radius 3 is 2.59 bits per heavy atom. The number of alkyl halides is 3. The number of carboxylic acids is 1. The minimum Gasteiger partial charge on any atom is -0.494 e. The number of aliphatic carboxylic acids is 1. The molecule has 3 rings (SSSR count). The van der Waals surface area contributed by atoms with E-state index in [2.05, 4.69) is 4.99 Å². The molecular weight excluding hydrogens is 416 g/mol. The molecule has 0 atom stereocenters. The lowest BCUT2D eigenvalue weighted by Gasteiger charge is -2.07. The number of rotatable bonds is 4. The van der Waals surface area contributed by atoms with Crippen molar-refractivity contribution in [3.8, 4) is 5.75 Å². The second kappa shape index (κ2) is 7.66. The van der Waals surface area contributed by atoms with Crippen LogP contribution in [0.3, 0.4) is 0 Å². The van der Waals surface area contributed by atoms with Crippen molar-refractivity contribution in [3.05, 3.63) is 58.1 Å². The molecule has 0 radical (unpaired) electrons. The number of hydrogen-bond donors (Lipinski definition) is 1. The van der Waals surface area contributed by atoms with Gasteiger partial charge in [0, 0.05) is 5.56 Å². The second-order valence-electron chi connectivity index (χ2n) is 5.79. The molecule has 0 saturated heterocycles. The maximum atomic E-state index is 14.5. The fraction of sp³-hybridized carbons (Fsp3) is 0.167. The number of ether oxygens (including phenoxy) is 1. The van der Waals surface area contributed by atoms with Crippen molar-refractivity contribution in [1.82, 2.24) is 4.57 Å². The number of halogens is 4. The van der Waals surface area contributed by atoms with Gasteiger partial charge in [-0.15, -0.1) is 0 Å². The first-order valence-corrected chi connectivity index (χ1v) is 8.77. The molecule has 152 valence electrons. The zero-order valence-electron chi connectivity index (χ0n) is 14.7. The molecule has 6 nitrogen and oxygen atoms in total. The van der Waals surface area contributed by atoms with E-state index in [0.29, 0.717) is 17.4 Å². The van der Waals surface area contributed by atoms with Gasteiger partial charge in [0.1, 0.15) is 6.54 Å². The highest BCUT2D eigenvalue weighted by Crippen LogP contribution is 2.30. The average molecular weight is 428 g/mol. The molecule has 0 bridgehead atoms. The number of amides is 1. The number of nitrogens with zero attached hydrogens (tertiary/aromatic N) is 2. The third-order valence-electron chi connectivity index (χ3n) is 3.90. The summed E-state index contributed by atoms with van der Waals surface area (Å²) in [5.41, 5.74) is -1.20. The van der Waals surface area contributed by atoms with E-state index in [4.69, 9.17) is 9.84 Å². The number of carbonyl (C=O) groups excluding carboxylic acids is 1. The van der Waals surface area contributed by atoms with Crippen LogP contribution < -0.4 is 9.54 Å². The van der Waals surface area contributed by atoms with Crippen LogP contribution in [0.1, 0.15) is 15.9 Å². The molecule has 29 heavy (non-hydrogen) atoms. The highest BCUT2D eigenvalue weighted by Gasteiger charge is 2.31. The van der Waals surface area contributed by atoms with Gasteiger partial charge in [-0.05, 0) is 30.3 Å². The standard InChI is InChI=1S/C18H12F4N2O4S/c1-28-12-6-5-11-15(14(12)19)29-17(24(11)8-13(25)26)23-16(27)9-3-2-4-10(7-9)18(20,21)22/h2-7H,8H2,1H3,(H,25,26)/b23-17-. The molecule has 2 aromatic carbocycles. The number of methoxy groups -OCH3 is 1. The normalized spacial score (nSPS) is 12.4. The maximum Gasteiger partial charge on any atom is 0.416 e. The first-order chi connectivity index (χ1) is 13.6. The van der Waals surface area contributed by atoms with Crippen LogP contribution in [-0.2, 0) is 17.5 Å². The Bertz CT molecular complexity index is 1180. The van der Waals surface area contributed by atoms with Gasteiger partial charge in [0.2, 0.25) is 0 Å². The Hall–Kier alpha value is -3.21. The van der Waals surface area contributed by atoms with Crippen molar-refractivity contribution in [2.24, 2.45) is 4.99 Å². The fourth-order valence-corrected chi connectivity index (χ4v) is 3.65. The summed E-state index contributed by atoms with van der Waals surface area (Å²) < 4.78 is 59.1. The van der Waals surface area contributed by atoms with Gasteiger partial charge in [-0.1, -0.05) is 17.4 Å². The molecule has 0 saturated carbocycles. The van der Waals surface area contributed by atoms with E-state index in [1.165, 1.54) is 19.2 Å². The van der Waals surface area contributed by atoms with Crippen LogP contribution in [0.4, 0.5) is 17.6 Å². The van der Waals surface area contributed by atoms with E-state index in [0.717, 1.165) is 22.8 Å². The van der Waals surface area contributed by atoms with E-state index in [-0.39, 0.29) is 26.3 Å². The number of carbonyl (C=O) groups is 2. The van der Waals surface area contributed by atoms with Crippen molar-refractivity contribution < 1.29 is 37.0 Å². The molecule has 1 heterocycles. The lowest BCUT2D eigenvalue weighted by atomic mass is 10.1. The fourth-order valence-electron chi connectivity index (χ4n) is 2.60. The van der Waals surface area contributed by atoms with Crippen LogP contribution >= 0.6 is 11.3 Å². The first-order valence-electron chi connectivity index (χ1n) is 7.95. The molecular formula is C18H12F4N2O4S. The number of fused-ring (bicyclic) bond motifs is 1. The monoisotopic (exact) mass is 428 g/mol. The number of thiazole rings is 1. The lowest BCUT2D eigenvalue weighted by Crippen LogP contribution is -2.21. The van der Waals surface area contributed by atoms with Gasteiger partial charge in [0.15, 0.2) is 16.4 Å². The van der Waals surface area contributed by atoms with Gasteiger partial charge in [0.25, 0.3) is 5.91 Å². The molecule has 0 spiro atoms. The second-order valence-corrected chi connectivity index (χ2v) is 6.77. The molecule has 1 aromatic heterocycles. The summed E-state index contributed by atoms with van der Waals surface area (Å²) >= 11 is 0.690. The molecule has 11 heteroatoms. The molecule has 0 unspecified atom stereocenters. The predicted octanol–water partition coefficient (Wildman–Crippen LogP) is 3.70. The summed E-state index contributed by atoms with van der Waals surface area (Å²) in [7, 11) is 1.26. The average Bonchev–Trinajstić information content (AvgIpc) is 2.99. The first kappa shape index (κ1) is 20.5. The van der Waals surface area contributed by atoms with E-state index < -0.39 is 36.0 Å². The zero-order chi connectivity index (χ0) is 21.3. The summed E-state index contributed by atoms with van der Waals surface area (Å²) in [6, 6.07) is 6.37. The highest BCUT2D eigenvalue weighted by atomic mass is 32.1. The van der Waals surface area contributed by atoms with Gasteiger partial charge in [0.05, 0.1) is 22.9 Å². The van der Waals surface area contributed by atoms with Crippen LogP contribution in [0.25, 0.3) is 10.2 Å². The van der Waals surface area contributed by atoms with Gasteiger partial charge >= 0.3 is 12.1 Å². The van der Waals surface area contributed by atoms with Gasteiger partial charge < -0.3 is 14.4 Å².